The lowest BCUT2D eigenvalue weighted by Gasteiger charge is -2.15. The maximum absolute atomic E-state index is 12.5. The Morgan fingerprint density at radius 3 is 2.30 bits per heavy atom. The van der Waals surface area contributed by atoms with Crippen molar-refractivity contribution in [2.24, 2.45) is 11.8 Å². The molecular weight excluding hydrogens is 352 g/mol. The van der Waals surface area contributed by atoms with E-state index in [1.54, 1.807) is 31.2 Å². The van der Waals surface area contributed by atoms with Crippen molar-refractivity contribution in [1.29, 1.82) is 0 Å². The number of fused-ring (bicyclic) bond motifs is 5. The van der Waals surface area contributed by atoms with Crippen molar-refractivity contribution in [3.05, 3.63) is 53.9 Å². The largest absolute Gasteiger partial charge is 0.385 e. The quantitative estimate of drug-likeness (QED) is 0.578. The summed E-state index contributed by atoms with van der Waals surface area (Å²) in [4.78, 5) is 44.0. The topological polar surface area (TPSA) is 104 Å². The minimum Gasteiger partial charge on any atom is -0.365 e. The molecule has 0 N–H and O–H groups in total. The molecule has 9 nitrogen and oxygen atoms in total. The van der Waals surface area contributed by atoms with Crippen LogP contribution in [0.4, 0.5) is 0 Å². The molecule has 1 aromatic carbocycles. The molecule has 2 amide bonds. The van der Waals surface area contributed by atoms with E-state index in [9.17, 15) is 14.4 Å². The number of carbonyl (C=O) groups excluding carboxylic acids is 3. The van der Waals surface area contributed by atoms with E-state index in [2.05, 4.69) is 10.2 Å². The van der Waals surface area contributed by atoms with Crippen molar-refractivity contribution in [2.45, 2.75) is 19.1 Å². The number of amides is 2. The highest BCUT2D eigenvalue weighted by Gasteiger charge is 2.62. The Bertz CT molecular complexity index is 968. The van der Waals surface area contributed by atoms with Crippen molar-refractivity contribution in [1.82, 2.24) is 20.1 Å². The van der Waals surface area contributed by atoms with Gasteiger partial charge in [-0.25, -0.2) is 4.79 Å². The first-order valence-electron chi connectivity index (χ1n) is 8.48. The fraction of sp³-hybridized carbons (Fsp3) is 0.278. The molecule has 27 heavy (non-hydrogen) atoms. The van der Waals surface area contributed by atoms with E-state index in [0.29, 0.717) is 16.4 Å². The predicted octanol–water partition coefficient (Wildman–Crippen LogP) is 0.586. The number of benzene rings is 1. The molecule has 5 rings (SSSR count). The van der Waals surface area contributed by atoms with Crippen LogP contribution < -0.4 is 0 Å². The summed E-state index contributed by atoms with van der Waals surface area (Å²) in [5, 5.41) is 8.87. The SMILES string of the molecule is Cc1nn(-c2ccccc2)nc1C(=O)ON1C(=O)[C@@H]2[C@@H](C1=O)[C@@H]1C=C[C@@H]2O1. The van der Waals surface area contributed by atoms with Crippen molar-refractivity contribution in [2.75, 3.05) is 0 Å². The number of carbonyl (C=O) groups is 3. The summed E-state index contributed by atoms with van der Waals surface area (Å²) in [6.45, 7) is 1.60. The molecule has 0 spiro atoms. The summed E-state index contributed by atoms with van der Waals surface area (Å²) >= 11 is 0. The number of imide groups is 1. The van der Waals surface area contributed by atoms with E-state index in [-0.39, 0.29) is 5.69 Å². The van der Waals surface area contributed by atoms with Gasteiger partial charge in [-0.1, -0.05) is 30.4 Å². The maximum Gasteiger partial charge on any atom is 0.385 e. The van der Waals surface area contributed by atoms with Gasteiger partial charge in [0.05, 0.1) is 35.4 Å². The first-order chi connectivity index (χ1) is 13.0. The van der Waals surface area contributed by atoms with Gasteiger partial charge in [-0.15, -0.1) is 10.2 Å². The summed E-state index contributed by atoms with van der Waals surface area (Å²) in [6, 6.07) is 9.05. The lowest BCUT2D eigenvalue weighted by molar-refractivity contribution is -0.177. The molecule has 2 fully saturated rings. The Morgan fingerprint density at radius 1 is 1.04 bits per heavy atom. The standard InChI is InChI=1S/C18H14N4O5/c1-9-15(20-22(19-9)10-5-3-2-4-6-10)18(25)27-21-16(23)13-11-7-8-12(26-11)14(13)17(21)24/h2-8,11-14H,1H3/t11-,12-,13-,14-/m0/s1. The number of hydrogen-bond acceptors (Lipinski definition) is 7. The lowest BCUT2D eigenvalue weighted by atomic mass is 9.85. The maximum atomic E-state index is 12.5. The first kappa shape index (κ1) is 15.9. The number of hydrogen-bond donors (Lipinski definition) is 0. The third kappa shape index (κ3) is 2.25. The number of rotatable bonds is 3. The van der Waals surface area contributed by atoms with Crippen molar-refractivity contribution in [3.8, 4) is 5.69 Å². The van der Waals surface area contributed by atoms with Crippen molar-refractivity contribution in [3.63, 3.8) is 0 Å². The lowest BCUT2D eigenvalue weighted by Crippen LogP contribution is -2.36. The Morgan fingerprint density at radius 2 is 1.67 bits per heavy atom. The summed E-state index contributed by atoms with van der Waals surface area (Å²) in [7, 11) is 0. The van der Waals surface area contributed by atoms with Crippen LogP contribution in [0.15, 0.2) is 42.5 Å². The van der Waals surface area contributed by atoms with Crippen LogP contribution in [-0.2, 0) is 19.2 Å². The van der Waals surface area contributed by atoms with E-state index in [4.69, 9.17) is 9.57 Å². The van der Waals surface area contributed by atoms with Gasteiger partial charge in [-0.3, -0.25) is 9.59 Å². The predicted molar refractivity (Wildman–Crippen MR) is 88.1 cm³/mol. The van der Waals surface area contributed by atoms with Gasteiger partial charge in [-0.2, -0.15) is 9.90 Å². The molecule has 2 saturated heterocycles. The first-order valence-corrected chi connectivity index (χ1v) is 8.48. The average Bonchev–Trinajstić information content (AvgIpc) is 3.43. The van der Waals surface area contributed by atoms with Crippen molar-refractivity contribution >= 4 is 17.8 Å². The van der Waals surface area contributed by atoms with Crippen LogP contribution in [0.3, 0.4) is 0 Å². The van der Waals surface area contributed by atoms with E-state index in [0.717, 1.165) is 0 Å². The zero-order valence-corrected chi connectivity index (χ0v) is 14.2. The smallest absolute Gasteiger partial charge is 0.365 e. The Labute approximate surface area is 153 Å². The molecule has 2 bridgehead atoms. The molecule has 2 aromatic rings. The normalized spacial score (nSPS) is 28.1. The van der Waals surface area contributed by atoms with Crippen LogP contribution in [-0.4, -0.2) is 50.0 Å². The molecule has 4 heterocycles. The molecule has 9 heteroatoms. The van der Waals surface area contributed by atoms with Crippen LogP contribution in [0.5, 0.6) is 0 Å². The second-order valence-electron chi connectivity index (χ2n) is 6.61. The number of ether oxygens (including phenoxy) is 1. The summed E-state index contributed by atoms with van der Waals surface area (Å²) in [6.07, 6.45) is 2.64. The highest BCUT2D eigenvalue weighted by atomic mass is 16.7. The van der Waals surface area contributed by atoms with E-state index < -0.39 is 41.8 Å². The Hall–Kier alpha value is -3.33. The van der Waals surface area contributed by atoms with Crippen LogP contribution >= 0.6 is 0 Å². The number of hydroxylamine groups is 2. The van der Waals surface area contributed by atoms with Gasteiger partial charge in [-0.05, 0) is 19.1 Å². The van der Waals surface area contributed by atoms with E-state index in [1.165, 1.54) is 4.80 Å². The van der Waals surface area contributed by atoms with Crippen LogP contribution in [0.2, 0.25) is 0 Å². The Kier molecular flexibility index (Phi) is 3.28. The van der Waals surface area contributed by atoms with Gasteiger partial charge in [0.2, 0.25) is 0 Å². The number of aryl methyl sites for hydroxylation is 1. The monoisotopic (exact) mass is 366 g/mol. The highest BCUT2D eigenvalue weighted by Crippen LogP contribution is 2.45. The fourth-order valence-corrected chi connectivity index (χ4v) is 3.74. The highest BCUT2D eigenvalue weighted by molar-refractivity contribution is 6.07. The molecule has 0 unspecified atom stereocenters. The van der Waals surface area contributed by atoms with E-state index in [1.807, 2.05) is 18.2 Å². The molecule has 0 aliphatic carbocycles. The van der Waals surface area contributed by atoms with Gasteiger partial charge in [0.15, 0.2) is 5.69 Å². The number of aromatic nitrogens is 3. The number of nitrogens with zero attached hydrogens (tertiary/aromatic N) is 4. The van der Waals surface area contributed by atoms with Gasteiger partial charge in [0.1, 0.15) is 0 Å². The summed E-state index contributed by atoms with van der Waals surface area (Å²) in [5.41, 5.74) is 0.935. The molecular formula is C18H14N4O5. The second kappa shape index (κ2) is 5.58. The third-order valence-corrected chi connectivity index (χ3v) is 5.01. The molecule has 0 radical (unpaired) electrons. The van der Waals surface area contributed by atoms with Gasteiger partial charge < -0.3 is 9.57 Å². The fourth-order valence-electron chi connectivity index (χ4n) is 3.74. The molecule has 3 aliphatic heterocycles. The second-order valence-corrected chi connectivity index (χ2v) is 6.61. The molecule has 136 valence electrons. The van der Waals surface area contributed by atoms with Crippen LogP contribution in [0.1, 0.15) is 16.2 Å². The minimum atomic E-state index is -0.905. The zero-order valence-electron chi connectivity index (χ0n) is 14.2. The van der Waals surface area contributed by atoms with Crippen LogP contribution in [0, 0.1) is 18.8 Å². The average molecular weight is 366 g/mol. The Balaban J connectivity index is 1.38. The van der Waals surface area contributed by atoms with Gasteiger partial charge in [0, 0.05) is 0 Å². The molecule has 1 aromatic heterocycles. The molecule has 4 atom stereocenters. The van der Waals surface area contributed by atoms with Gasteiger partial charge >= 0.3 is 5.97 Å². The van der Waals surface area contributed by atoms with Crippen molar-refractivity contribution < 1.29 is 24.0 Å². The third-order valence-electron chi connectivity index (χ3n) is 5.01. The minimum absolute atomic E-state index is 0.0612. The summed E-state index contributed by atoms with van der Waals surface area (Å²) in [5.74, 6) is -3.31. The van der Waals surface area contributed by atoms with Gasteiger partial charge in [0.25, 0.3) is 11.8 Å². The summed E-state index contributed by atoms with van der Waals surface area (Å²) < 4.78 is 5.54. The van der Waals surface area contributed by atoms with E-state index >= 15 is 0 Å². The number of para-hydroxylation sites is 1. The molecule has 0 saturated carbocycles. The van der Waals surface area contributed by atoms with Crippen LogP contribution in [0.25, 0.3) is 5.69 Å². The molecule has 3 aliphatic rings. The zero-order chi connectivity index (χ0) is 18.7.